The van der Waals surface area contributed by atoms with Crippen molar-refractivity contribution in [3.63, 3.8) is 0 Å². The second-order valence-corrected chi connectivity index (χ2v) is 9.68. The molecule has 1 unspecified atom stereocenters. The Morgan fingerprint density at radius 2 is 1.64 bits per heavy atom. The van der Waals surface area contributed by atoms with E-state index in [0.717, 1.165) is 11.8 Å². The number of anilines is 1. The number of rotatable bonds is 5. The van der Waals surface area contributed by atoms with Gasteiger partial charge in [-0.2, -0.15) is 0 Å². The average molecular weight is 404 g/mol. The molecule has 0 fully saturated rings. The maximum absolute atomic E-state index is 12.3. The summed E-state index contributed by atoms with van der Waals surface area (Å²) in [5.74, 6) is -1.24. The number of hydrogen-bond donors (Lipinski definition) is 1. The number of benzene rings is 2. The van der Waals surface area contributed by atoms with Crippen LogP contribution in [0.4, 0.5) is 5.69 Å². The van der Waals surface area contributed by atoms with E-state index in [1.54, 1.807) is 12.1 Å². The zero-order valence-corrected chi connectivity index (χ0v) is 17.5. The third-order valence-corrected chi connectivity index (χ3v) is 5.28. The number of carbonyl (C=O) groups excluding carboxylic acids is 2. The topological polar surface area (TPSA) is 89.5 Å². The quantitative estimate of drug-likeness (QED) is 0.771. The molecule has 0 aliphatic rings. The van der Waals surface area contributed by atoms with Crippen molar-refractivity contribution in [2.24, 2.45) is 0 Å². The molecular formula is C21H25NO5S. The highest BCUT2D eigenvalue weighted by molar-refractivity contribution is 7.90. The fourth-order valence-electron chi connectivity index (χ4n) is 2.43. The predicted octanol–water partition coefficient (Wildman–Crippen LogP) is 3.57. The first kappa shape index (κ1) is 21.6. The highest BCUT2D eigenvalue weighted by Crippen LogP contribution is 2.23. The molecule has 0 heterocycles. The minimum absolute atomic E-state index is 0.00582. The lowest BCUT2D eigenvalue weighted by Gasteiger charge is -2.19. The van der Waals surface area contributed by atoms with Crippen LogP contribution in [-0.2, 0) is 24.8 Å². The van der Waals surface area contributed by atoms with E-state index in [-0.39, 0.29) is 15.9 Å². The monoisotopic (exact) mass is 403 g/mol. The van der Waals surface area contributed by atoms with Crippen molar-refractivity contribution >= 4 is 27.4 Å². The first-order valence-electron chi connectivity index (χ1n) is 8.80. The van der Waals surface area contributed by atoms with Gasteiger partial charge < -0.3 is 10.1 Å². The fraction of sp³-hybridized carbons (Fsp3) is 0.333. The number of amides is 1. The fourth-order valence-corrected chi connectivity index (χ4v) is 3.10. The highest BCUT2D eigenvalue weighted by Gasteiger charge is 2.20. The van der Waals surface area contributed by atoms with Gasteiger partial charge in [-0.1, -0.05) is 39.0 Å². The first-order valence-corrected chi connectivity index (χ1v) is 10.7. The van der Waals surface area contributed by atoms with Gasteiger partial charge in [-0.3, -0.25) is 4.79 Å². The van der Waals surface area contributed by atoms with Gasteiger partial charge in [0.1, 0.15) is 0 Å². The summed E-state index contributed by atoms with van der Waals surface area (Å²) >= 11 is 0. The van der Waals surface area contributed by atoms with Crippen molar-refractivity contribution in [1.29, 1.82) is 0 Å². The van der Waals surface area contributed by atoms with Gasteiger partial charge in [-0.05, 0) is 48.2 Å². The minimum Gasteiger partial charge on any atom is -0.449 e. The first-order chi connectivity index (χ1) is 12.9. The Morgan fingerprint density at radius 1 is 1.04 bits per heavy atom. The SMILES string of the molecule is CC(OC(=O)c1cccc(S(C)(=O)=O)c1)C(=O)Nc1ccc(C(C)(C)C)cc1. The Balaban J connectivity index is 2.03. The van der Waals surface area contributed by atoms with Crippen molar-refractivity contribution in [2.45, 2.75) is 44.1 Å². The molecule has 2 aromatic carbocycles. The average Bonchev–Trinajstić information content (AvgIpc) is 2.60. The van der Waals surface area contributed by atoms with Crippen LogP contribution in [0.5, 0.6) is 0 Å². The summed E-state index contributed by atoms with van der Waals surface area (Å²) in [6, 6.07) is 13.0. The smallest absolute Gasteiger partial charge is 0.338 e. The van der Waals surface area contributed by atoms with E-state index in [4.69, 9.17) is 4.74 Å². The lowest BCUT2D eigenvalue weighted by atomic mass is 9.87. The number of esters is 1. The Kier molecular flexibility index (Phi) is 6.29. The molecule has 0 radical (unpaired) electrons. The van der Waals surface area contributed by atoms with Crippen LogP contribution >= 0.6 is 0 Å². The van der Waals surface area contributed by atoms with Gasteiger partial charge in [0.15, 0.2) is 15.9 Å². The van der Waals surface area contributed by atoms with Crippen molar-refractivity contribution in [3.8, 4) is 0 Å². The zero-order chi connectivity index (χ0) is 21.1. The summed E-state index contributed by atoms with van der Waals surface area (Å²) in [4.78, 5) is 24.6. The molecule has 150 valence electrons. The van der Waals surface area contributed by atoms with Crippen LogP contribution in [0, 0.1) is 0 Å². The minimum atomic E-state index is -3.45. The van der Waals surface area contributed by atoms with E-state index in [1.165, 1.54) is 31.2 Å². The van der Waals surface area contributed by atoms with E-state index >= 15 is 0 Å². The Hall–Kier alpha value is -2.67. The molecular weight excluding hydrogens is 378 g/mol. The van der Waals surface area contributed by atoms with Crippen LogP contribution in [0.25, 0.3) is 0 Å². The van der Waals surface area contributed by atoms with Crippen molar-refractivity contribution in [3.05, 3.63) is 59.7 Å². The predicted molar refractivity (Wildman–Crippen MR) is 108 cm³/mol. The van der Waals surface area contributed by atoms with Gasteiger partial charge in [0.2, 0.25) is 0 Å². The molecule has 0 aromatic heterocycles. The van der Waals surface area contributed by atoms with Crippen LogP contribution in [-0.4, -0.2) is 32.7 Å². The summed E-state index contributed by atoms with van der Waals surface area (Å²) in [6.07, 6.45) is 0.00928. The molecule has 0 aliphatic heterocycles. The molecule has 0 saturated heterocycles. The standard InChI is InChI=1S/C21H25NO5S/c1-14(19(23)22-17-11-9-16(10-12-17)21(2,3)4)27-20(24)15-7-6-8-18(13-15)28(5,25)26/h6-14H,1-5H3,(H,22,23). The van der Waals surface area contributed by atoms with E-state index < -0.39 is 27.8 Å². The zero-order valence-electron chi connectivity index (χ0n) is 16.6. The van der Waals surface area contributed by atoms with Crippen LogP contribution in [0.2, 0.25) is 0 Å². The van der Waals surface area contributed by atoms with Crippen LogP contribution in [0.15, 0.2) is 53.4 Å². The number of nitrogens with one attached hydrogen (secondary N) is 1. The van der Waals surface area contributed by atoms with Crippen LogP contribution in [0.1, 0.15) is 43.6 Å². The maximum atomic E-state index is 12.3. The van der Waals surface area contributed by atoms with Crippen molar-refractivity contribution in [1.82, 2.24) is 0 Å². The molecule has 2 aromatic rings. The lowest BCUT2D eigenvalue weighted by molar-refractivity contribution is -0.123. The second-order valence-electron chi connectivity index (χ2n) is 7.66. The molecule has 6 nitrogen and oxygen atoms in total. The van der Waals surface area contributed by atoms with E-state index in [2.05, 4.69) is 26.1 Å². The van der Waals surface area contributed by atoms with Gasteiger partial charge in [-0.15, -0.1) is 0 Å². The third kappa shape index (κ3) is 5.66. The Morgan fingerprint density at radius 3 is 2.18 bits per heavy atom. The van der Waals surface area contributed by atoms with E-state index in [9.17, 15) is 18.0 Å². The van der Waals surface area contributed by atoms with Gasteiger partial charge in [-0.25, -0.2) is 13.2 Å². The van der Waals surface area contributed by atoms with Gasteiger partial charge in [0, 0.05) is 11.9 Å². The lowest BCUT2D eigenvalue weighted by Crippen LogP contribution is -2.30. The van der Waals surface area contributed by atoms with E-state index in [0.29, 0.717) is 5.69 Å². The van der Waals surface area contributed by atoms with Crippen LogP contribution in [0.3, 0.4) is 0 Å². The summed E-state index contributed by atoms with van der Waals surface area (Å²) in [7, 11) is -3.45. The van der Waals surface area contributed by atoms with Gasteiger partial charge in [0.25, 0.3) is 5.91 Å². The second kappa shape index (κ2) is 8.14. The van der Waals surface area contributed by atoms with Gasteiger partial charge >= 0.3 is 5.97 Å². The van der Waals surface area contributed by atoms with Crippen LogP contribution < -0.4 is 5.32 Å². The van der Waals surface area contributed by atoms with Crippen molar-refractivity contribution < 1.29 is 22.7 Å². The summed E-state index contributed by atoms with van der Waals surface area (Å²) in [5.41, 5.74) is 1.80. The molecule has 0 spiro atoms. The molecule has 1 atom stereocenters. The number of sulfone groups is 1. The molecule has 0 saturated carbocycles. The molecule has 7 heteroatoms. The normalized spacial score (nSPS) is 12.9. The highest BCUT2D eigenvalue weighted by atomic mass is 32.2. The molecule has 2 rings (SSSR count). The van der Waals surface area contributed by atoms with Crippen molar-refractivity contribution in [2.75, 3.05) is 11.6 Å². The Labute approximate surface area is 165 Å². The third-order valence-electron chi connectivity index (χ3n) is 4.17. The molecule has 1 amide bonds. The summed E-state index contributed by atoms with van der Waals surface area (Å²) in [6.45, 7) is 7.75. The largest absolute Gasteiger partial charge is 0.449 e. The molecule has 28 heavy (non-hydrogen) atoms. The number of ether oxygens (including phenoxy) is 1. The summed E-state index contributed by atoms with van der Waals surface area (Å²) < 4.78 is 28.4. The van der Waals surface area contributed by atoms with Gasteiger partial charge in [0.05, 0.1) is 10.5 Å². The number of hydrogen-bond acceptors (Lipinski definition) is 5. The maximum Gasteiger partial charge on any atom is 0.338 e. The Bertz CT molecular complexity index is 973. The number of carbonyl (C=O) groups is 2. The summed E-state index contributed by atoms with van der Waals surface area (Å²) in [5, 5.41) is 2.70. The van der Waals surface area contributed by atoms with E-state index in [1.807, 2.05) is 12.1 Å². The molecule has 1 N–H and O–H groups in total. The molecule has 0 bridgehead atoms. The molecule has 0 aliphatic carbocycles.